The third kappa shape index (κ3) is 4.22. The van der Waals surface area contributed by atoms with Crippen LogP contribution in [0.2, 0.25) is 0 Å². The Morgan fingerprint density at radius 3 is 2.47 bits per heavy atom. The van der Waals surface area contributed by atoms with E-state index in [0.717, 1.165) is 12.2 Å². The molecule has 0 aromatic carbocycles. The zero-order valence-electron chi connectivity index (χ0n) is 10.7. The highest BCUT2D eigenvalue weighted by molar-refractivity contribution is 5.94. The predicted octanol–water partition coefficient (Wildman–Crippen LogP) is 0.103. The topological polar surface area (TPSA) is 88.1 Å². The van der Waals surface area contributed by atoms with Gasteiger partial charge in [-0.2, -0.15) is 0 Å². The van der Waals surface area contributed by atoms with Gasteiger partial charge >= 0.3 is 11.9 Å². The van der Waals surface area contributed by atoms with Crippen molar-refractivity contribution < 1.29 is 33.3 Å². The van der Waals surface area contributed by atoms with E-state index in [4.69, 9.17) is 14.2 Å². The van der Waals surface area contributed by atoms with Gasteiger partial charge in [0, 0.05) is 19.3 Å². The largest absolute Gasteiger partial charge is 0.463 e. The van der Waals surface area contributed by atoms with E-state index in [-0.39, 0.29) is 11.5 Å². The van der Waals surface area contributed by atoms with E-state index < -0.39 is 24.3 Å². The number of ether oxygens (including phenoxy) is 4. The Labute approximate surface area is 109 Å². The van der Waals surface area contributed by atoms with Gasteiger partial charge in [0.2, 0.25) is 12.0 Å². The van der Waals surface area contributed by atoms with Crippen molar-refractivity contribution in [2.75, 3.05) is 14.2 Å². The van der Waals surface area contributed by atoms with Gasteiger partial charge in [-0.15, -0.1) is 0 Å². The average Bonchev–Trinajstić information content (AvgIpc) is 2.78. The molecule has 104 valence electrons. The van der Waals surface area contributed by atoms with Crippen LogP contribution in [0.25, 0.3) is 0 Å². The minimum absolute atomic E-state index is 0.0947. The summed E-state index contributed by atoms with van der Waals surface area (Å²) < 4.78 is 19.5. The standard InChI is InChI=1S/C12H14O7/c1-7(13)4-5-10(14)18-9-6-8(11(15)16-2)19-12(9)17-3/h4-6,9,12H,1-3H3/b5-4+/t9-,12-/m1/s1. The molecule has 7 nitrogen and oxygen atoms in total. The molecule has 7 heteroatoms. The molecular weight excluding hydrogens is 256 g/mol. The highest BCUT2D eigenvalue weighted by Gasteiger charge is 2.35. The van der Waals surface area contributed by atoms with Crippen LogP contribution in [-0.2, 0) is 33.3 Å². The molecule has 0 unspecified atom stereocenters. The molecule has 0 aromatic rings. The van der Waals surface area contributed by atoms with Crippen LogP contribution in [0.3, 0.4) is 0 Å². The summed E-state index contributed by atoms with van der Waals surface area (Å²) >= 11 is 0. The lowest BCUT2D eigenvalue weighted by atomic mass is 10.3. The normalized spacial score (nSPS) is 21.7. The predicted molar refractivity (Wildman–Crippen MR) is 61.7 cm³/mol. The molecule has 0 saturated carbocycles. The first-order chi connectivity index (χ1) is 8.97. The lowest BCUT2D eigenvalue weighted by Gasteiger charge is -2.16. The summed E-state index contributed by atoms with van der Waals surface area (Å²) in [7, 11) is 2.54. The molecule has 0 aromatic heterocycles. The van der Waals surface area contributed by atoms with Crippen molar-refractivity contribution in [2.45, 2.75) is 19.3 Å². The Morgan fingerprint density at radius 1 is 1.26 bits per heavy atom. The third-order valence-corrected chi connectivity index (χ3v) is 2.15. The Morgan fingerprint density at radius 2 is 1.95 bits per heavy atom. The number of hydrogen-bond acceptors (Lipinski definition) is 7. The second-order valence-corrected chi connectivity index (χ2v) is 3.59. The van der Waals surface area contributed by atoms with E-state index in [1.807, 2.05) is 0 Å². The number of rotatable bonds is 5. The highest BCUT2D eigenvalue weighted by atomic mass is 16.7. The fourth-order valence-electron chi connectivity index (χ4n) is 1.31. The van der Waals surface area contributed by atoms with Crippen LogP contribution in [0.4, 0.5) is 0 Å². The van der Waals surface area contributed by atoms with Crippen molar-refractivity contribution in [1.82, 2.24) is 0 Å². The number of carbonyl (C=O) groups is 3. The van der Waals surface area contributed by atoms with E-state index in [1.54, 1.807) is 0 Å². The summed E-state index contributed by atoms with van der Waals surface area (Å²) in [5.41, 5.74) is 0. The van der Waals surface area contributed by atoms with E-state index in [9.17, 15) is 14.4 Å². The van der Waals surface area contributed by atoms with Gasteiger partial charge in [-0.05, 0) is 13.0 Å². The molecule has 0 radical (unpaired) electrons. The smallest absolute Gasteiger partial charge is 0.373 e. The SMILES string of the molecule is COC(=O)C1=C[C@@H](OC(=O)/C=C/C(C)=O)[C@H](OC)O1. The van der Waals surface area contributed by atoms with Crippen LogP contribution < -0.4 is 0 Å². The van der Waals surface area contributed by atoms with Crippen molar-refractivity contribution in [2.24, 2.45) is 0 Å². The highest BCUT2D eigenvalue weighted by Crippen LogP contribution is 2.22. The monoisotopic (exact) mass is 270 g/mol. The summed E-state index contributed by atoms with van der Waals surface area (Å²) in [6.07, 6.45) is 1.52. The molecule has 1 heterocycles. The number of carbonyl (C=O) groups excluding carboxylic acids is 3. The maximum absolute atomic E-state index is 11.4. The summed E-state index contributed by atoms with van der Waals surface area (Å²) in [5, 5.41) is 0. The maximum Gasteiger partial charge on any atom is 0.373 e. The fraction of sp³-hybridized carbons (Fsp3) is 0.417. The molecule has 0 spiro atoms. The van der Waals surface area contributed by atoms with E-state index >= 15 is 0 Å². The Balaban J connectivity index is 2.69. The van der Waals surface area contributed by atoms with Crippen molar-refractivity contribution in [3.05, 3.63) is 24.0 Å². The molecule has 1 rings (SSSR count). The summed E-state index contributed by atoms with van der Waals surface area (Å²) in [6.45, 7) is 1.30. The van der Waals surface area contributed by atoms with E-state index in [0.29, 0.717) is 0 Å². The lowest BCUT2D eigenvalue weighted by Crippen LogP contribution is -2.28. The minimum Gasteiger partial charge on any atom is -0.463 e. The molecule has 0 fully saturated rings. The first-order valence-electron chi connectivity index (χ1n) is 5.36. The van der Waals surface area contributed by atoms with Crippen molar-refractivity contribution in [1.29, 1.82) is 0 Å². The number of hydrogen-bond donors (Lipinski definition) is 0. The molecule has 0 aliphatic carbocycles. The lowest BCUT2D eigenvalue weighted by molar-refractivity contribution is -0.169. The van der Waals surface area contributed by atoms with Gasteiger partial charge in [-0.1, -0.05) is 0 Å². The van der Waals surface area contributed by atoms with Gasteiger partial charge in [0.25, 0.3) is 0 Å². The van der Waals surface area contributed by atoms with Crippen LogP contribution in [0, 0.1) is 0 Å². The Hall–Kier alpha value is -2.15. The van der Waals surface area contributed by atoms with Gasteiger partial charge in [-0.3, -0.25) is 4.79 Å². The van der Waals surface area contributed by atoms with Gasteiger partial charge in [0.05, 0.1) is 7.11 Å². The zero-order chi connectivity index (χ0) is 14.4. The molecule has 0 N–H and O–H groups in total. The maximum atomic E-state index is 11.4. The van der Waals surface area contributed by atoms with Gasteiger partial charge < -0.3 is 18.9 Å². The van der Waals surface area contributed by atoms with Gasteiger partial charge in [0.1, 0.15) is 0 Å². The summed E-state index contributed by atoms with van der Waals surface area (Å²) in [6, 6.07) is 0. The minimum atomic E-state index is -0.927. The molecule has 1 aliphatic rings. The first kappa shape index (κ1) is 14.9. The second kappa shape index (κ2) is 6.69. The average molecular weight is 270 g/mol. The molecule has 0 amide bonds. The Bertz CT molecular complexity index is 435. The van der Waals surface area contributed by atoms with Crippen molar-refractivity contribution in [3.8, 4) is 0 Å². The van der Waals surface area contributed by atoms with Crippen LogP contribution in [0.1, 0.15) is 6.92 Å². The number of methoxy groups -OCH3 is 2. The number of allylic oxidation sites excluding steroid dienone is 1. The first-order valence-corrected chi connectivity index (χ1v) is 5.36. The second-order valence-electron chi connectivity index (χ2n) is 3.59. The van der Waals surface area contributed by atoms with E-state index in [2.05, 4.69) is 4.74 Å². The summed E-state index contributed by atoms with van der Waals surface area (Å²) in [4.78, 5) is 33.3. The summed E-state index contributed by atoms with van der Waals surface area (Å²) in [5.74, 6) is -1.82. The van der Waals surface area contributed by atoms with Crippen LogP contribution in [0.15, 0.2) is 24.0 Å². The number of ketones is 1. The Kier molecular flexibility index (Phi) is 5.25. The van der Waals surface area contributed by atoms with Crippen molar-refractivity contribution in [3.63, 3.8) is 0 Å². The van der Waals surface area contributed by atoms with Crippen LogP contribution in [-0.4, -0.2) is 44.3 Å². The quantitative estimate of drug-likeness (QED) is 0.517. The molecule has 0 bridgehead atoms. The van der Waals surface area contributed by atoms with Gasteiger partial charge in [0.15, 0.2) is 11.9 Å². The van der Waals surface area contributed by atoms with Gasteiger partial charge in [-0.25, -0.2) is 9.59 Å². The fourth-order valence-corrected chi connectivity index (χ4v) is 1.31. The van der Waals surface area contributed by atoms with Crippen molar-refractivity contribution >= 4 is 17.7 Å². The molecule has 1 aliphatic heterocycles. The molecular formula is C12H14O7. The molecule has 19 heavy (non-hydrogen) atoms. The molecule has 0 saturated heterocycles. The number of esters is 2. The van der Waals surface area contributed by atoms with E-state index in [1.165, 1.54) is 27.2 Å². The van der Waals surface area contributed by atoms with Crippen LogP contribution in [0.5, 0.6) is 0 Å². The zero-order valence-corrected chi connectivity index (χ0v) is 10.7. The third-order valence-electron chi connectivity index (χ3n) is 2.15. The van der Waals surface area contributed by atoms with Crippen LogP contribution >= 0.6 is 0 Å². The molecule has 2 atom stereocenters.